The van der Waals surface area contributed by atoms with Gasteiger partial charge in [-0.1, -0.05) is 0 Å². The number of nitrogens with zero attached hydrogens (tertiary/aromatic N) is 1. The molecule has 1 nitrogen and oxygen atoms in total. The molecule has 1 aromatic rings. The van der Waals surface area contributed by atoms with Crippen LogP contribution >= 0.6 is 11.6 Å². The van der Waals surface area contributed by atoms with Crippen LogP contribution < -0.4 is 0 Å². The Hall–Kier alpha value is -0.700. The molecule has 1 aromatic heterocycles. The molecule has 4 heteroatoms. The quantitative estimate of drug-likeness (QED) is 0.578. The normalized spacial score (nSPS) is 9.90. The SMILES string of the molecule is Fc1cncc(CCl)c1F. The van der Waals surface area contributed by atoms with Crippen molar-refractivity contribution in [1.82, 2.24) is 4.98 Å². The highest BCUT2D eigenvalue weighted by Crippen LogP contribution is 2.10. The number of aromatic nitrogens is 1. The van der Waals surface area contributed by atoms with Crippen LogP contribution in [-0.2, 0) is 5.88 Å². The molecule has 0 aliphatic heterocycles. The molecule has 0 radical (unpaired) electrons. The summed E-state index contributed by atoms with van der Waals surface area (Å²) in [6.07, 6.45) is 2.01. The Morgan fingerprint density at radius 2 is 2.10 bits per heavy atom. The fourth-order valence-corrected chi connectivity index (χ4v) is 0.739. The van der Waals surface area contributed by atoms with E-state index in [9.17, 15) is 8.78 Å². The molecule has 1 rings (SSSR count). The van der Waals surface area contributed by atoms with Crippen molar-refractivity contribution in [3.05, 3.63) is 29.6 Å². The van der Waals surface area contributed by atoms with E-state index in [1.165, 1.54) is 6.20 Å². The van der Waals surface area contributed by atoms with Gasteiger partial charge in [0.25, 0.3) is 0 Å². The Bertz CT molecular complexity index is 239. The summed E-state index contributed by atoms with van der Waals surface area (Å²) in [5.74, 6) is -1.93. The first kappa shape index (κ1) is 7.41. The van der Waals surface area contributed by atoms with Gasteiger partial charge in [0.15, 0.2) is 11.6 Å². The van der Waals surface area contributed by atoms with Crippen molar-refractivity contribution < 1.29 is 8.78 Å². The fraction of sp³-hybridized carbons (Fsp3) is 0.167. The summed E-state index contributed by atoms with van der Waals surface area (Å²) in [6, 6.07) is 0. The smallest absolute Gasteiger partial charge is 0.177 e. The van der Waals surface area contributed by atoms with Crippen molar-refractivity contribution in [3.8, 4) is 0 Å². The summed E-state index contributed by atoms with van der Waals surface area (Å²) in [6.45, 7) is 0. The monoisotopic (exact) mass is 163 g/mol. The van der Waals surface area contributed by atoms with Crippen molar-refractivity contribution in [2.45, 2.75) is 5.88 Å². The lowest BCUT2D eigenvalue weighted by Gasteiger charge is -1.95. The van der Waals surface area contributed by atoms with Crippen LogP contribution in [0.3, 0.4) is 0 Å². The highest BCUT2D eigenvalue weighted by molar-refractivity contribution is 6.17. The second kappa shape index (κ2) is 2.92. The van der Waals surface area contributed by atoms with Gasteiger partial charge < -0.3 is 0 Å². The van der Waals surface area contributed by atoms with Gasteiger partial charge in [-0.05, 0) is 0 Å². The van der Waals surface area contributed by atoms with Gasteiger partial charge in [-0.3, -0.25) is 4.98 Å². The molecule has 54 valence electrons. The van der Waals surface area contributed by atoms with E-state index in [0.29, 0.717) is 0 Å². The minimum absolute atomic E-state index is 0.0589. The lowest BCUT2D eigenvalue weighted by molar-refractivity contribution is 0.497. The maximum atomic E-state index is 12.5. The summed E-state index contributed by atoms with van der Waals surface area (Å²) < 4.78 is 24.8. The Kier molecular flexibility index (Phi) is 2.17. The van der Waals surface area contributed by atoms with Crippen LogP contribution in [0.25, 0.3) is 0 Å². The lowest BCUT2D eigenvalue weighted by atomic mass is 10.3. The standard InChI is InChI=1S/C6H4ClF2N/c7-1-4-2-10-3-5(8)6(4)9/h2-3H,1H2. The number of hydrogen-bond acceptors (Lipinski definition) is 1. The molecule has 0 amide bonds. The zero-order valence-corrected chi connectivity index (χ0v) is 5.70. The number of hydrogen-bond donors (Lipinski definition) is 0. The first-order valence-electron chi connectivity index (χ1n) is 2.59. The van der Waals surface area contributed by atoms with Gasteiger partial charge in [0.2, 0.25) is 0 Å². The second-order valence-electron chi connectivity index (χ2n) is 1.73. The number of alkyl halides is 1. The molecule has 0 atom stereocenters. The zero-order valence-electron chi connectivity index (χ0n) is 4.94. The van der Waals surface area contributed by atoms with Gasteiger partial charge in [-0.2, -0.15) is 0 Å². The summed E-state index contributed by atoms with van der Waals surface area (Å²) in [4.78, 5) is 3.42. The van der Waals surface area contributed by atoms with Crippen molar-refractivity contribution in [1.29, 1.82) is 0 Å². The average Bonchev–Trinajstić information content (AvgIpc) is 1.95. The maximum Gasteiger partial charge on any atom is 0.177 e. The summed E-state index contributed by atoms with van der Waals surface area (Å²) >= 11 is 5.26. The van der Waals surface area contributed by atoms with Crippen molar-refractivity contribution >= 4 is 11.6 Å². The molecule has 0 aromatic carbocycles. The molecule has 10 heavy (non-hydrogen) atoms. The molecule has 0 bridgehead atoms. The third-order valence-corrected chi connectivity index (χ3v) is 1.34. The Morgan fingerprint density at radius 1 is 1.40 bits per heavy atom. The van der Waals surface area contributed by atoms with Crippen LogP contribution in [0.4, 0.5) is 8.78 Å². The van der Waals surface area contributed by atoms with E-state index in [1.807, 2.05) is 0 Å². The van der Waals surface area contributed by atoms with E-state index < -0.39 is 11.6 Å². The topological polar surface area (TPSA) is 12.9 Å². The highest BCUT2D eigenvalue weighted by atomic mass is 35.5. The summed E-state index contributed by atoms with van der Waals surface area (Å²) in [5.41, 5.74) is 0.0849. The minimum Gasteiger partial charge on any atom is -0.261 e. The first-order chi connectivity index (χ1) is 4.75. The number of halogens is 3. The van der Waals surface area contributed by atoms with Gasteiger partial charge in [0.1, 0.15) is 0 Å². The van der Waals surface area contributed by atoms with Gasteiger partial charge in [-0.25, -0.2) is 8.78 Å². The van der Waals surface area contributed by atoms with Gasteiger partial charge in [0.05, 0.1) is 12.1 Å². The van der Waals surface area contributed by atoms with Gasteiger partial charge >= 0.3 is 0 Å². The summed E-state index contributed by atoms with van der Waals surface area (Å²) in [5, 5.41) is 0. The van der Waals surface area contributed by atoms with Crippen LogP contribution in [0.15, 0.2) is 12.4 Å². The van der Waals surface area contributed by atoms with Crippen LogP contribution in [0.2, 0.25) is 0 Å². The predicted molar refractivity (Wildman–Crippen MR) is 33.7 cm³/mol. The second-order valence-corrected chi connectivity index (χ2v) is 2.00. The maximum absolute atomic E-state index is 12.5. The van der Waals surface area contributed by atoms with Crippen LogP contribution in [0, 0.1) is 11.6 Å². The predicted octanol–water partition coefficient (Wildman–Crippen LogP) is 2.10. The Labute approximate surface area is 61.7 Å². The lowest BCUT2D eigenvalue weighted by Crippen LogP contribution is -1.92. The molecule has 0 saturated carbocycles. The Balaban J connectivity index is 3.14. The summed E-state index contributed by atoms with van der Waals surface area (Å²) in [7, 11) is 0. The largest absolute Gasteiger partial charge is 0.261 e. The number of pyridine rings is 1. The zero-order chi connectivity index (χ0) is 7.56. The van der Waals surface area contributed by atoms with E-state index in [1.54, 1.807) is 0 Å². The molecule has 0 spiro atoms. The van der Waals surface area contributed by atoms with Crippen LogP contribution in [0.5, 0.6) is 0 Å². The molecular weight excluding hydrogens is 160 g/mol. The third-order valence-electron chi connectivity index (χ3n) is 1.05. The minimum atomic E-state index is -0.960. The van der Waals surface area contributed by atoms with E-state index in [0.717, 1.165) is 6.20 Å². The molecule has 1 heterocycles. The van der Waals surface area contributed by atoms with E-state index >= 15 is 0 Å². The third kappa shape index (κ3) is 1.24. The van der Waals surface area contributed by atoms with Crippen molar-refractivity contribution in [2.75, 3.05) is 0 Å². The first-order valence-corrected chi connectivity index (χ1v) is 3.13. The van der Waals surface area contributed by atoms with E-state index in [4.69, 9.17) is 11.6 Å². The van der Waals surface area contributed by atoms with Gasteiger partial charge in [0, 0.05) is 11.8 Å². The molecule has 0 unspecified atom stereocenters. The number of rotatable bonds is 1. The van der Waals surface area contributed by atoms with E-state index in [2.05, 4.69) is 4.98 Å². The Morgan fingerprint density at radius 3 is 2.60 bits per heavy atom. The highest BCUT2D eigenvalue weighted by Gasteiger charge is 2.05. The molecular formula is C6H4ClF2N. The molecule has 0 saturated heterocycles. The molecule has 0 aliphatic carbocycles. The molecule has 0 fully saturated rings. The van der Waals surface area contributed by atoms with Crippen molar-refractivity contribution in [2.24, 2.45) is 0 Å². The van der Waals surface area contributed by atoms with Crippen LogP contribution in [0.1, 0.15) is 5.56 Å². The fourth-order valence-electron chi connectivity index (χ4n) is 0.553. The average molecular weight is 164 g/mol. The van der Waals surface area contributed by atoms with E-state index in [-0.39, 0.29) is 11.4 Å². The van der Waals surface area contributed by atoms with Crippen LogP contribution in [-0.4, -0.2) is 4.98 Å². The molecule has 0 N–H and O–H groups in total. The van der Waals surface area contributed by atoms with Gasteiger partial charge in [-0.15, -0.1) is 11.6 Å². The van der Waals surface area contributed by atoms with Crippen molar-refractivity contribution in [3.63, 3.8) is 0 Å². The molecule has 0 aliphatic rings.